The summed E-state index contributed by atoms with van der Waals surface area (Å²) in [7, 11) is 3.72. The van der Waals surface area contributed by atoms with E-state index in [0.717, 1.165) is 25.9 Å². The molecule has 0 saturated carbocycles. The molecule has 0 aromatic heterocycles. The zero-order chi connectivity index (χ0) is 17.0. The van der Waals surface area contributed by atoms with E-state index in [1.54, 1.807) is 31.3 Å². The third kappa shape index (κ3) is 4.39. The highest BCUT2D eigenvalue weighted by Gasteiger charge is 2.27. The van der Waals surface area contributed by atoms with E-state index in [0.29, 0.717) is 11.3 Å². The molecule has 1 N–H and O–H groups in total. The quantitative estimate of drug-likeness (QED) is 0.675. The summed E-state index contributed by atoms with van der Waals surface area (Å²) in [5.74, 6) is -1.31. The van der Waals surface area contributed by atoms with Crippen LogP contribution in [0.3, 0.4) is 0 Å². The van der Waals surface area contributed by atoms with Gasteiger partial charge in [0.1, 0.15) is 0 Å². The molecule has 1 aromatic rings. The number of carbonyl (C=O) groups is 3. The van der Waals surface area contributed by atoms with E-state index in [4.69, 9.17) is 0 Å². The lowest BCUT2D eigenvalue weighted by molar-refractivity contribution is -0.144. The molecular weight excluding hydrogens is 294 g/mol. The van der Waals surface area contributed by atoms with Crippen LogP contribution in [-0.2, 0) is 9.59 Å². The molecule has 2 rings (SSSR count). The van der Waals surface area contributed by atoms with Crippen LogP contribution in [0.1, 0.15) is 30.1 Å². The maximum Gasteiger partial charge on any atom is 0.313 e. The van der Waals surface area contributed by atoms with Crippen LogP contribution in [0.25, 0.3) is 0 Å². The third-order valence-corrected chi connectivity index (χ3v) is 4.28. The van der Waals surface area contributed by atoms with Gasteiger partial charge in [-0.05, 0) is 52.0 Å². The maximum absolute atomic E-state index is 12.3. The van der Waals surface area contributed by atoms with Crippen molar-refractivity contribution in [3.05, 3.63) is 29.8 Å². The molecule has 2 amide bonds. The molecule has 1 saturated heterocycles. The SMILES string of the molecule is CC(=O)c1cccc(NC(=O)C(=O)N(C)C2CCN(C)CC2)c1. The van der Waals surface area contributed by atoms with E-state index in [1.165, 1.54) is 11.8 Å². The summed E-state index contributed by atoms with van der Waals surface area (Å²) in [5, 5.41) is 2.57. The lowest BCUT2D eigenvalue weighted by Gasteiger charge is -2.34. The zero-order valence-corrected chi connectivity index (χ0v) is 13.8. The Hall–Kier alpha value is -2.21. The first-order valence-corrected chi connectivity index (χ1v) is 7.76. The number of nitrogens with zero attached hydrogens (tertiary/aromatic N) is 2. The van der Waals surface area contributed by atoms with Gasteiger partial charge in [-0.3, -0.25) is 14.4 Å². The summed E-state index contributed by atoms with van der Waals surface area (Å²) in [5.41, 5.74) is 0.951. The summed E-state index contributed by atoms with van der Waals surface area (Å²) in [4.78, 5) is 39.5. The minimum atomic E-state index is -0.674. The van der Waals surface area contributed by atoms with E-state index in [2.05, 4.69) is 10.2 Å². The third-order valence-electron chi connectivity index (χ3n) is 4.28. The van der Waals surface area contributed by atoms with Gasteiger partial charge >= 0.3 is 11.8 Å². The van der Waals surface area contributed by atoms with E-state index in [-0.39, 0.29) is 11.8 Å². The number of piperidine rings is 1. The van der Waals surface area contributed by atoms with Crippen molar-refractivity contribution < 1.29 is 14.4 Å². The van der Waals surface area contributed by atoms with Gasteiger partial charge in [-0.2, -0.15) is 0 Å². The Morgan fingerprint density at radius 3 is 2.48 bits per heavy atom. The van der Waals surface area contributed by atoms with Crippen molar-refractivity contribution in [2.75, 3.05) is 32.5 Å². The maximum atomic E-state index is 12.3. The Balaban J connectivity index is 1.98. The van der Waals surface area contributed by atoms with Crippen molar-refractivity contribution in [2.24, 2.45) is 0 Å². The number of ketones is 1. The fourth-order valence-corrected chi connectivity index (χ4v) is 2.71. The van der Waals surface area contributed by atoms with Gasteiger partial charge in [0.15, 0.2) is 5.78 Å². The van der Waals surface area contributed by atoms with Gasteiger partial charge in [-0.15, -0.1) is 0 Å². The molecule has 0 spiro atoms. The van der Waals surface area contributed by atoms with Crippen LogP contribution in [0.2, 0.25) is 0 Å². The van der Waals surface area contributed by atoms with Gasteiger partial charge in [-0.25, -0.2) is 0 Å². The highest BCUT2D eigenvalue weighted by molar-refractivity contribution is 6.39. The monoisotopic (exact) mass is 317 g/mol. The van der Waals surface area contributed by atoms with Gasteiger partial charge in [0.2, 0.25) is 0 Å². The molecule has 1 aliphatic rings. The van der Waals surface area contributed by atoms with Crippen LogP contribution in [-0.4, -0.2) is 60.6 Å². The average molecular weight is 317 g/mol. The molecule has 6 nitrogen and oxygen atoms in total. The number of benzene rings is 1. The number of nitrogens with one attached hydrogen (secondary N) is 1. The number of hydrogen-bond donors (Lipinski definition) is 1. The number of amides is 2. The molecule has 6 heteroatoms. The molecule has 0 bridgehead atoms. The summed E-state index contributed by atoms with van der Waals surface area (Å²) >= 11 is 0. The van der Waals surface area contributed by atoms with Gasteiger partial charge in [0, 0.05) is 24.3 Å². The predicted octanol–water partition coefficient (Wildman–Crippen LogP) is 1.38. The Morgan fingerprint density at radius 1 is 1.22 bits per heavy atom. The second-order valence-corrected chi connectivity index (χ2v) is 6.04. The van der Waals surface area contributed by atoms with E-state index < -0.39 is 11.8 Å². The van der Waals surface area contributed by atoms with Crippen LogP contribution < -0.4 is 5.32 Å². The minimum absolute atomic E-state index is 0.0872. The lowest BCUT2D eigenvalue weighted by atomic mass is 10.0. The van der Waals surface area contributed by atoms with Gasteiger partial charge < -0.3 is 15.1 Å². The van der Waals surface area contributed by atoms with Crippen molar-refractivity contribution >= 4 is 23.3 Å². The average Bonchev–Trinajstić information content (AvgIpc) is 2.54. The molecular formula is C17H23N3O3. The number of rotatable bonds is 3. The van der Waals surface area contributed by atoms with Crippen LogP contribution in [0.4, 0.5) is 5.69 Å². The lowest BCUT2D eigenvalue weighted by Crippen LogP contribution is -2.47. The van der Waals surface area contributed by atoms with Crippen LogP contribution in [0, 0.1) is 0 Å². The number of carbonyl (C=O) groups excluding carboxylic acids is 3. The summed E-state index contributed by atoms with van der Waals surface area (Å²) in [6.07, 6.45) is 1.73. The number of hydrogen-bond acceptors (Lipinski definition) is 4. The van der Waals surface area contributed by atoms with E-state index >= 15 is 0 Å². The standard InChI is InChI=1S/C17H23N3O3/c1-12(21)13-5-4-6-14(11-13)18-16(22)17(23)20(3)15-7-9-19(2)10-8-15/h4-6,11,15H,7-10H2,1-3H3,(H,18,22). The van der Waals surface area contributed by atoms with Crippen LogP contribution in [0.15, 0.2) is 24.3 Å². The van der Waals surface area contributed by atoms with Crippen molar-refractivity contribution in [3.63, 3.8) is 0 Å². The first-order chi connectivity index (χ1) is 10.9. The Bertz CT molecular complexity index is 607. The highest BCUT2D eigenvalue weighted by Crippen LogP contribution is 2.15. The summed E-state index contributed by atoms with van der Waals surface area (Å²) in [6, 6.07) is 6.67. The number of anilines is 1. The largest absolute Gasteiger partial charge is 0.334 e. The first-order valence-electron chi connectivity index (χ1n) is 7.76. The van der Waals surface area contributed by atoms with Crippen molar-refractivity contribution in [3.8, 4) is 0 Å². The topological polar surface area (TPSA) is 69.7 Å². The molecule has 23 heavy (non-hydrogen) atoms. The molecule has 0 unspecified atom stereocenters. The molecule has 1 aromatic carbocycles. The normalized spacial score (nSPS) is 16.0. The Labute approximate surface area is 136 Å². The van der Waals surface area contributed by atoms with Crippen LogP contribution >= 0.6 is 0 Å². The first kappa shape index (κ1) is 17.1. The van der Waals surface area contributed by atoms with E-state index in [9.17, 15) is 14.4 Å². The molecule has 1 heterocycles. The minimum Gasteiger partial charge on any atom is -0.334 e. The fraction of sp³-hybridized carbons (Fsp3) is 0.471. The molecule has 1 aliphatic heterocycles. The second kappa shape index (κ2) is 7.37. The summed E-state index contributed by atoms with van der Waals surface area (Å²) in [6.45, 7) is 3.30. The predicted molar refractivity (Wildman–Crippen MR) is 88.4 cm³/mol. The van der Waals surface area contributed by atoms with E-state index in [1.807, 2.05) is 7.05 Å². The second-order valence-electron chi connectivity index (χ2n) is 6.04. The molecule has 124 valence electrons. The zero-order valence-electron chi connectivity index (χ0n) is 13.8. The van der Waals surface area contributed by atoms with Crippen LogP contribution in [0.5, 0.6) is 0 Å². The van der Waals surface area contributed by atoms with Crippen molar-refractivity contribution in [1.29, 1.82) is 0 Å². The molecule has 0 radical (unpaired) electrons. The highest BCUT2D eigenvalue weighted by atomic mass is 16.2. The summed E-state index contributed by atoms with van der Waals surface area (Å²) < 4.78 is 0. The smallest absolute Gasteiger partial charge is 0.313 e. The fourth-order valence-electron chi connectivity index (χ4n) is 2.71. The number of likely N-dealkylation sites (N-methyl/N-ethyl adjacent to an activating group) is 1. The van der Waals surface area contributed by atoms with Crippen molar-refractivity contribution in [2.45, 2.75) is 25.8 Å². The molecule has 0 aliphatic carbocycles. The van der Waals surface area contributed by atoms with Gasteiger partial charge in [-0.1, -0.05) is 12.1 Å². The Morgan fingerprint density at radius 2 is 1.87 bits per heavy atom. The molecule has 0 atom stereocenters. The Kier molecular flexibility index (Phi) is 5.50. The van der Waals surface area contributed by atoms with Crippen molar-refractivity contribution in [1.82, 2.24) is 9.80 Å². The van der Waals surface area contributed by atoms with Gasteiger partial charge in [0.25, 0.3) is 0 Å². The number of Topliss-reactive ketones (excluding diaryl/α,β-unsaturated/α-hetero) is 1. The molecule has 1 fully saturated rings. The van der Waals surface area contributed by atoms with Gasteiger partial charge in [0.05, 0.1) is 0 Å². The number of likely N-dealkylation sites (tertiary alicyclic amines) is 1.